The van der Waals surface area contributed by atoms with E-state index in [9.17, 15) is 4.39 Å². The summed E-state index contributed by atoms with van der Waals surface area (Å²) in [4.78, 5) is 0. The molecule has 0 bridgehead atoms. The lowest BCUT2D eigenvalue weighted by molar-refractivity contribution is 0.626. The van der Waals surface area contributed by atoms with Gasteiger partial charge in [-0.3, -0.25) is 0 Å². The van der Waals surface area contributed by atoms with Crippen LogP contribution in [-0.4, -0.2) is 0 Å². The van der Waals surface area contributed by atoms with Crippen molar-refractivity contribution in [1.29, 1.82) is 5.26 Å². The summed E-state index contributed by atoms with van der Waals surface area (Å²) in [6.07, 6.45) is 0. The van der Waals surface area contributed by atoms with E-state index in [0.29, 0.717) is 17.1 Å². The molecular formula is C14H10ClFN2. The number of hydrogen-bond donors (Lipinski definition) is 1. The van der Waals surface area contributed by atoms with Crippen LogP contribution < -0.4 is 5.32 Å². The Morgan fingerprint density at radius 2 is 2.06 bits per heavy atom. The Morgan fingerprint density at radius 3 is 2.72 bits per heavy atom. The summed E-state index contributed by atoms with van der Waals surface area (Å²) in [6, 6.07) is 13.4. The Balaban J connectivity index is 2.09. The van der Waals surface area contributed by atoms with Crippen LogP contribution in [0.25, 0.3) is 0 Å². The molecule has 0 aromatic heterocycles. The van der Waals surface area contributed by atoms with Gasteiger partial charge in [0.05, 0.1) is 22.3 Å². The van der Waals surface area contributed by atoms with Crippen molar-refractivity contribution in [2.24, 2.45) is 0 Å². The molecule has 4 heteroatoms. The molecule has 0 spiro atoms. The first-order chi connectivity index (χ1) is 8.69. The van der Waals surface area contributed by atoms with E-state index in [4.69, 9.17) is 16.9 Å². The van der Waals surface area contributed by atoms with Crippen LogP contribution in [0.5, 0.6) is 0 Å². The average molecular weight is 261 g/mol. The fraction of sp³-hybridized carbons (Fsp3) is 0.0714. The van der Waals surface area contributed by atoms with Crippen LogP contribution in [0.4, 0.5) is 10.1 Å². The van der Waals surface area contributed by atoms with Crippen LogP contribution in [-0.2, 0) is 6.54 Å². The summed E-state index contributed by atoms with van der Waals surface area (Å²) in [7, 11) is 0. The van der Waals surface area contributed by atoms with E-state index in [1.54, 1.807) is 24.3 Å². The number of benzene rings is 2. The molecule has 2 nitrogen and oxygen atoms in total. The van der Waals surface area contributed by atoms with Gasteiger partial charge in [-0.25, -0.2) is 4.39 Å². The Kier molecular flexibility index (Phi) is 3.81. The van der Waals surface area contributed by atoms with Gasteiger partial charge in [-0.05, 0) is 35.9 Å². The van der Waals surface area contributed by atoms with E-state index in [2.05, 4.69) is 5.32 Å². The highest BCUT2D eigenvalue weighted by Gasteiger charge is 2.02. The van der Waals surface area contributed by atoms with Gasteiger partial charge in [0.1, 0.15) is 5.82 Å². The highest BCUT2D eigenvalue weighted by atomic mass is 35.5. The molecule has 18 heavy (non-hydrogen) atoms. The first-order valence-corrected chi connectivity index (χ1v) is 5.75. The Bertz CT molecular complexity index is 605. The Hall–Kier alpha value is -2.05. The van der Waals surface area contributed by atoms with Gasteiger partial charge < -0.3 is 5.32 Å². The molecule has 0 saturated carbocycles. The average Bonchev–Trinajstić information content (AvgIpc) is 2.37. The molecule has 0 aliphatic heterocycles. The topological polar surface area (TPSA) is 35.8 Å². The number of nitriles is 1. The third-order valence-electron chi connectivity index (χ3n) is 2.47. The van der Waals surface area contributed by atoms with Gasteiger partial charge in [0.2, 0.25) is 0 Å². The highest BCUT2D eigenvalue weighted by molar-refractivity contribution is 6.33. The predicted molar refractivity (Wildman–Crippen MR) is 69.9 cm³/mol. The van der Waals surface area contributed by atoms with Crippen LogP contribution in [0, 0.1) is 17.1 Å². The minimum absolute atomic E-state index is 0.264. The fourth-order valence-corrected chi connectivity index (χ4v) is 1.82. The highest BCUT2D eigenvalue weighted by Crippen LogP contribution is 2.23. The summed E-state index contributed by atoms with van der Waals surface area (Å²) in [6.45, 7) is 0.476. The molecule has 0 radical (unpaired) electrons. The number of nitrogens with one attached hydrogen (secondary N) is 1. The maximum atomic E-state index is 13.0. The summed E-state index contributed by atoms with van der Waals surface area (Å²) in [5.74, 6) is -0.264. The molecule has 2 aromatic carbocycles. The lowest BCUT2D eigenvalue weighted by Crippen LogP contribution is -2.00. The maximum absolute atomic E-state index is 13.0. The molecule has 2 rings (SSSR count). The molecule has 0 saturated heterocycles. The molecule has 0 aliphatic rings. The summed E-state index contributed by atoms with van der Waals surface area (Å²) in [5.41, 5.74) is 2.06. The van der Waals surface area contributed by atoms with Gasteiger partial charge in [0.15, 0.2) is 0 Å². The van der Waals surface area contributed by atoms with Crippen molar-refractivity contribution < 1.29 is 4.39 Å². The minimum Gasteiger partial charge on any atom is -0.380 e. The van der Waals surface area contributed by atoms with Crippen molar-refractivity contribution in [3.63, 3.8) is 0 Å². The molecule has 0 unspecified atom stereocenters. The molecule has 0 amide bonds. The molecule has 0 fully saturated rings. The Labute approximate surface area is 110 Å². The van der Waals surface area contributed by atoms with Crippen LogP contribution >= 0.6 is 11.6 Å². The van der Waals surface area contributed by atoms with Gasteiger partial charge in [-0.2, -0.15) is 5.26 Å². The first kappa shape index (κ1) is 12.4. The smallest absolute Gasteiger partial charge is 0.123 e. The minimum atomic E-state index is -0.264. The molecular weight excluding hydrogens is 251 g/mol. The first-order valence-electron chi connectivity index (χ1n) is 5.37. The van der Waals surface area contributed by atoms with Crippen LogP contribution in [0.3, 0.4) is 0 Å². The van der Waals surface area contributed by atoms with Crippen molar-refractivity contribution in [3.05, 3.63) is 64.4 Å². The lowest BCUT2D eigenvalue weighted by atomic mass is 10.2. The lowest BCUT2D eigenvalue weighted by Gasteiger charge is -2.08. The maximum Gasteiger partial charge on any atom is 0.123 e. The van der Waals surface area contributed by atoms with E-state index in [1.165, 1.54) is 12.1 Å². The van der Waals surface area contributed by atoms with E-state index in [-0.39, 0.29) is 5.82 Å². The summed E-state index contributed by atoms with van der Waals surface area (Å²) >= 11 is 6.02. The Morgan fingerprint density at radius 1 is 1.22 bits per heavy atom. The molecule has 0 heterocycles. The number of anilines is 1. The third kappa shape index (κ3) is 2.99. The van der Waals surface area contributed by atoms with Crippen molar-refractivity contribution >= 4 is 17.3 Å². The second-order valence-electron chi connectivity index (χ2n) is 3.79. The molecule has 90 valence electrons. The molecule has 1 N–H and O–H groups in total. The largest absolute Gasteiger partial charge is 0.380 e. The molecule has 0 aliphatic carbocycles. The van der Waals surface area contributed by atoms with E-state index < -0.39 is 0 Å². The number of halogens is 2. The summed E-state index contributed by atoms with van der Waals surface area (Å²) < 4.78 is 13.0. The number of hydrogen-bond acceptors (Lipinski definition) is 2. The van der Waals surface area contributed by atoms with Gasteiger partial charge in [0, 0.05) is 6.54 Å². The molecule has 0 atom stereocenters. The predicted octanol–water partition coefficient (Wildman–Crippen LogP) is 3.96. The van der Waals surface area contributed by atoms with Crippen LogP contribution in [0.1, 0.15) is 11.1 Å². The zero-order valence-electron chi connectivity index (χ0n) is 9.45. The summed E-state index contributed by atoms with van der Waals surface area (Å²) in [5, 5.41) is 12.3. The van der Waals surface area contributed by atoms with Crippen molar-refractivity contribution in [3.8, 4) is 6.07 Å². The molecule has 2 aromatic rings. The SMILES string of the molecule is N#Cc1ccc(NCc2cccc(F)c2)c(Cl)c1. The monoisotopic (exact) mass is 260 g/mol. The zero-order valence-corrected chi connectivity index (χ0v) is 10.2. The third-order valence-corrected chi connectivity index (χ3v) is 2.78. The number of rotatable bonds is 3. The van der Waals surface area contributed by atoms with Crippen molar-refractivity contribution in [1.82, 2.24) is 0 Å². The fourth-order valence-electron chi connectivity index (χ4n) is 1.57. The second kappa shape index (κ2) is 5.52. The van der Waals surface area contributed by atoms with Gasteiger partial charge in [-0.15, -0.1) is 0 Å². The van der Waals surface area contributed by atoms with Gasteiger partial charge in [0.25, 0.3) is 0 Å². The van der Waals surface area contributed by atoms with Crippen LogP contribution in [0.15, 0.2) is 42.5 Å². The van der Waals surface area contributed by atoms with Gasteiger partial charge >= 0.3 is 0 Å². The number of nitrogens with zero attached hydrogens (tertiary/aromatic N) is 1. The second-order valence-corrected chi connectivity index (χ2v) is 4.20. The van der Waals surface area contributed by atoms with E-state index >= 15 is 0 Å². The van der Waals surface area contributed by atoms with Gasteiger partial charge in [-0.1, -0.05) is 23.7 Å². The normalized spacial score (nSPS) is 9.83. The van der Waals surface area contributed by atoms with Crippen molar-refractivity contribution in [2.75, 3.05) is 5.32 Å². The van der Waals surface area contributed by atoms with Crippen LogP contribution in [0.2, 0.25) is 5.02 Å². The quantitative estimate of drug-likeness (QED) is 0.907. The van der Waals surface area contributed by atoms with E-state index in [0.717, 1.165) is 11.3 Å². The van der Waals surface area contributed by atoms with Crippen molar-refractivity contribution in [2.45, 2.75) is 6.54 Å². The standard InChI is InChI=1S/C14H10ClFN2/c15-13-7-10(8-17)4-5-14(13)18-9-11-2-1-3-12(16)6-11/h1-7,18H,9H2. The zero-order chi connectivity index (χ0) is 13.0. The van der Waals surface area contributed by atoms with E-state index in [1.807, 2.05) is 12.1 Å².